The molecule has 2 N–H and O–H groups in total. The van der Waals surface area contributed by atoms with E-state index < -0.39 is 6.09 Å². The maximum absolute atomic E-state index is 11.3. The second-order valence-corrected chi connectivity index (χ2v) is 5.26. The maximum atomic E-state index is 11.3. The summed E-state index contributed by atoms with van der Waals surface area (Å²) in [7, 11) is 0. The van der Waals surface area contributed by atoms with Gasteiger partial charge in [0, 0.05) is 16.8 Å². The predicted molar refractivity (Wildman–Crippen MR) is 92.0 cm³/mol. The molecule has 0 aliphatic rings. The SMILES string of the molecule is O=Cc1cc(OCc2cccc(NC(=O)O)c2)ccc1-c1ccco1. The van der Waals surface area contributed by atoms with E-state index in [1.54, 1.807) is 54.8 Å². The van der Waals surface area contributed by atoms with Crippen molar-refractivity contribution < 1.29 is 23.8 Å². The zero-order chi connectivity index (χ0) is 17.6. The molecular weight excluding hydrogens is 322 g/mol. The van der Waals surface area contributed by atoms with E-state index in [1.165, 1.54) is 0 Å². The van der Waals surface area contributed by atoms with Gasteiger partial charge in [-0.15, -0.1) is 0 Å². The van der Waals surface area contributed by atoms with Crippen molar-refractivity contribution in [1.82, 2.24) is 0 Å². The van der Waals surface area contributed by atoms with Crippen molar-refractivity contribution in [3.63, 3.8) is 0 Å². The number of benzene rings is 2. The molecule has 1 aromatic heterocycles. The molecular formula is C19H15NO5. The minimum absolute atomic E-state index is 0.244. The number of carboxylic acid groups (broad SMARTS) is 1. The number of furan rings is 1. The molecule has 0 atom stereocenters. The molecule has 0 unspecified atom stereocenters. The molecule has 0 spiro atoms. The Hall–Kier alpha value is -3.54. The molecule has 3 aromatic rings. The zero-order valence-corrected chi connectivity index (χ0v) is 13.1. The van der Waals surface area contributed by atoms with Crippen molar-refractivity contribution in [1.29, 1.82) is 0 Å². The third-order valence-corrected chi connectivity index (χ3v) is 3.52. The van der Waals surface area contributed by atoms with Gasteiger partial charge in [0.05, 0.1) is 6.26 Å². The second-order valence-electron chi connectivity index (χ2n) is 5.26. The Balaban J connectivity index is 1.73. The Kier molecular flexibility index (Phi) is 4.80. The average molecular weight is 337 g/mol. The monoisotopic (exact) mass is 337 g/mol. The molecule has 0 aliphatic heterocycles. The Morgan fingerprint density at radius 2 is 2.04 bits per heavy atom. The van der Waals surface area contributed by atoms with Crippen LogP contribution in [-0.4, -0.2) is 17.5 Å². The first-order chi connectivity index (χ1) is 12.2. The standard InChI is InChI=1S/C19H15NO5/c21-11-14-10-16(6-7-17(14)18-5-2-8-24-18)25-12-13-3-1-4-15(9-13)20-19(22)23/h1-11,20H,12H2,(H,22,23). The molecule has 126 valence electrons. The van der Waals surface area contributed by atoms with E-state index in [-0.39, 0.29) is 6.61 Å². The molecule has 3 rings (SSSR count). The fourth-order valence-corrected chi connectivity index (χ4v) is 2.41. The van der Waals surface area contributed by atoms with Gasteiger partial charge in [0.25, 0.3) is 0 Å². The van der Waals surface area contributed by atoms with Crippen molar-refractivity contribution in [3.8, 4) is 17.1 Å². The fourth-order valence-electron chi connectivity index (χ4n) is 2.41. The van der Waals surface area contributed by atoms with Gasteiger partial charge in [-0.05, 0) is 48.0 Å². The normalized spacial score (nSPS) is 10.2. The number of hydrogen-bond donors (Lipinski definition) is 2. The largest absolute Gasteiger partial charge is 0.489 e. The first-order valence-corrected chi connectivity index (χ1v) is 7.50. The summed E-state index contributed by atoms with van der Waals surface area (Å²) in [6.45, 7) is 0.244. The minimum Gasteiger partial charge on any atom is -0.489 e. The summed E-state index contributed by atoms with van der Waals surface area (Å²) >= 11 is 0. The van der Waals surface area contributed by atoms with E-state index in [1.807, 2.05) is 6.07 Å². The molecule has 1 amide bonds. The first kappa shape index (κ1) is 16.3. The molecule has 1 heterocycles. The van der Waals surface area contributed by atoms with Gasteiger partial charge in [-0.1, -0.05) is 12.1 Å². The van der Waals surface area contributed by atoms with Crippen LogP contribution in [-0.2, 0) is 6.61 Å². The van der Waals surface area contributed by atoms with Gasteiger partial charge < -0.3 is 14.3 Å². The van der Waals surface area contributed by atoms with Crippen molar-refractivity contribution in [2.24, 2.45) is 0 Å². The molecule has 0 saturated heterocycles. The third-order valence-electron chi connectivity index (χ3n) is 3.52. The van der Waals surface area contributed by atoms with Crippen LogP contribution in [0.1, 0.15) is 15.9 Å². The molecule has 0 fully saturated rings. The number of ether oxygens (including phenoxy) is 1. The summed E-state index contributed by atoms with van der Waals surface area (Å²) in [5, 5.41) is 11.0. The molecule has 25 heavy (non-hydrogen) atoms. The van der Waals surface area contributed by atoms with E-state index >= 15 is 0 Å². The summed E-state index contributed by atoms with van der Waals surface area (Å²) in [4.78, 5) is 22.0. The number of anilines is 1. The lowest BCUT2D eigenvalue weighted by atomic mass is 10.1. The van der Waals surface area contributed by atoms with Crippen LogP contribution < -0.4 is 10.1 Å². The van der Waals surface area contributed by atoms with E-state index in [0.29, 0.717) is 28.3 Å². The number of carbonyl (C=O) groups is 2. The molecule has 2 aromatic carbocycles. The topological polar surface area (TPSA) is 88.8 Å². The summed E-state index contributed by atoms with van der Waals surface area (Å²) < 4.78 is 11.0. The van der Waals surface area contributed by atoms with Gasteiger partial charge in [-0.3, -0.25) is 10.1 Å². The lowest BCUT2D eigenvalue weighted by Crippen LogP contribution is -2.07. The van der Waals surface area contributed by atoms with Crippen LogP contribution in [0.5, 0.6) is 5.75 Å². The summed E-state index contributed by atoms with van der Waals surface area (Å²) in [5.41, 5.74) is 2.43. The van der Waals surface area contributed by atoms with Gasteiger partial charge >= 0.3 is 6.09 Å². The predicted octanol–water partition coefficient (Wildman–Crippen LogP) is 4.43. The van der Waals surface area contributed by atoms with Crippen LogP contribution in [0.25, 0.3) is 11.3 Å². The number of carbonyl (C=O) groups excluding carboxylic acids is 1. The number of amides is 1. The lowest BCUT2D eigenvalue weighted by molar-refractivity contribution is 0.112. The van der Waals surface area contributed by atoms with Gasteiger partial charge in [0.2, 0.25) is 0 Å². The van der Waals surface area contributed by atoms with Gasteiger partial charge in [0.15, 0.2) is 6.29 Å². The summed E-state index contributed by atoms with van der Waals surface area (Å²) in [5.74, 6) is 1.15. The second kappa shape index (κ2) is 7.35. The van der Waals surface area contributed by atoms with E-state index in [9.17, 15) is 9.59 Å². The van der Waals surface area contributed by atoms with Crippen LogP contribution in [0.4, 0.5) is 10.5 Å². The number of hydrogen-bond acceptors (Lipinski definition) is 4. The van der Waals surface area contributed by atoms with Crippen LogP contribution in [0, 0.1) is 0 Å². The van der Waals surface area contributed by atoms with Crippen LogP contribution in [0.2, 0.25) is 0 Å². The van der Waals surface area contributed by atoms with Crippen molar-refractivity contribution in [2.45, 2.75) is 6.61 Å². The Morgan fingerprint density at radius 3 is 2.76 bits per heavy atom. The Labute approximate surface area is 143 Å². The third kappa shape index (κ3) is 4.06. The average Bonchev–Trinajstić information content (AvgIpc) is 3.14. The van der Waals surface area contributed by atoms with E-state index in [4.69, 9.17) is 14.3 Å². The first-order valence-electron chi connectivity index (χ1n) is 7.50. The van der Waals surface area contributed by atoms with Crippen LogP contribution in [0.3, 0.4) is 0 Å². The summed E-state index contributed by atoms with van der Waals surface area (Å²) in [6, 6.07) is 15.6. The van der Waals surface area contributed by atoms with Crippen molar-refractivity contribution in [3.05, 3.63) is 72.0 Å². The van der Waals surface area contributed by atoms with Crippen molar-refractivity contribution in [2.75, 3.05) is 5.32 Å². The Bertz CT molecular complexity index is 887. The van der Waals surface area contributed by atoms with Gasteiger partial charge in [-0.25, -0.2) is 4.79 Å². The minimum atomic E-state index is -1.12. The summed E-state index contributed by atoms with van der Waals surface area (Å²) in [6.07, 6.45) is 1.18. The van der Waals surface area contributed by atoms with Crippen LogP contribution >= 0.6 is 0 Å². The lowest BCUT2D eigenvalue weighted by Gasteiger charge is -2.10. The quantitative estimate of drug-likeness (QED) is 0.650. The molecule has 0 bridgehead atoms. The van der Waals surface area contributed by atoms with Gasteiger partial charge in [0.1, 0.15) is 18.1 Å². The number of nitrogens with one attached hydrogen (secondary N) is 1. The highest BCUT2D eigenvalue weighted by atomic mass is 16.5. The highest BCUT2D eigenvalue weighted by Gasteiger charge is 2.09. The fraction of sp³-hybridized carbons (Fsp3) is 0.0526. The zero-order valence-electron chi connectivity index (χ0n) is 13.1. The maximum Gasteiger partial charge on any atom is 0.409 e. The molecule has 0 radical (unpaired) electrons. The molecule has 6 nitrogen and oxygen atoms in total. The molecule has 6 heteroatoms. The van der Waals surface area contributed by atoms with E-state index in [2.05, 4.69) is 5.32 Å². The van der Waals surface area contributed by atoms with Crippen LogP contribution in [0.15, 0.2) is 65.3 Å². The van der Waals surface area contributed by atoms with Crippen molar-refractivity contribution >= 4 is 18.1 Å². The highest BCUT2D eigenvalue weighted by Crippen LogP contribution is 2.27. The Morgan fingerprint density at radius 1 is 1.16 bits per heavy atom. The molecule has 0 aliphatic carbocycles. The number of aldehydes is 1. The smallest absolute Gasteiger partial charge is 0.409 e. The molecule has 0 saturated carbocycles. The van der Waals surface area contributed by atoms with E-state index in [0.717, 1.165) is 11.8 Å². The van der Waals surface area contributed by atoms with Gasteiger partial charge in [-0.2, -0.15) is 0 Å². The number of rotatable bonds is 6. The highest BCUT2D eigenvalue weighted by molar-refractivity contribution is 5.87.